The molecule has 1 rings (SSSR count). The smallest absolute Gasteiger partial charge is 0.137 e. The standard InChI is InChI=1S/C10H11I2NO2/c1-15-3-2-13-6-7-4-8(11)5-9(12)10(7)14/h4-6,14H,2-3H2,1H3. The molecule has 82 valence electrons. The molecular formula is C10H11I2NO2. The first-order valence-corrected chi connectivity index (χ1v) is 6.47. The van der Waals surface area contributed by atoms with E-state index < -0.39 is 0 Å². The molecule has 0 spiro atoms. The highest BCUT2D eigenvalue weighted by molar-refractivity contribution is 14.1. The van der Waals surface area contributed by atoms with Crippen LogP contribution in [0, 0.1) is 7.14 Å². The second-order valence-electron chi connectivity index (χ2n) is 2.85. The fraction of sp³-hybridized carbons (Fsp3) is 0.300. The molecule has 0 fully saturated rings. The quantitative estimate of drug-likeness (QED) is 0.453. The van der Waals surface area contributed by atoms with Crippen LogP contribution in [0.25, 0.3) is 0 Å². The summed E-state index contributed by atoms with van der Waals surface area (Å²) in [7, 11) is 1.64. The van der Waals surface area contributed by atoms with Gasteiger partial charge in [-0.3, -0.25) is 4.99 Å². The average Bonchev–Trinajstić information content (AvgIpc) is 2.19. The molecule has 0 aliphatic rings. The highest BCUT2D eigenvalue weighted by Crippen LogP contribution is 2.25. The van der Waals surface area contributed by atoms with Gasteiger partial charge < -0.3 is 9.84 Å². The molecule has 0 unspecified atom stereocenters. The van der Waals surface area contributed by atoms with Crippen molar-refractivity contribution in [3.8, 4) is 5.75 Å². The molecule has 1 N–H and O–H groups in total. The summed E-state index contributed by atoms with van der Waals surface area (Å²) in [5, 5.41) is 9.75. The van der Waals surface area contributed by atoms with Gasteiger partial charge in [-0.15, -0.1) is 0 Å². The first-order chi connectivity index (χ1) is 7.15. The van der Waals surface area contributed by atoms with E-state index in [0.717, 1.165) is 12.7 Å². The maximum Gasteiger partial charge on any atom is 0.137 e. The molecule has 0 aliphatic heterocycles. The third-order valence-electron chi connectivity index (χ3n) is 1.71. The van der Waals surface area contributed by atoms with E-state index >= 15 is 0 Å². The van der Waals surface area contributed by atoms with Gasteiger partial charge in [0.2, 0.25) is 0 Å². The predicted octanol–water partition coefficient (Wildman–Crippen LogP) is 2.67. The van der Waals surface area contributed by atoms with Crippen LogP contribution >= 0.6 is 45.2 Å². The van der Waals surface area contributed by atoms with Gasteiger partial charge >= 0.3 is 0 Å². The molecule has 1 aromatic rings. The summed E-state index contributed by atoms with van der Waals surface area (Å²) in [6, 6.07) is 3.82. The Labute approximate surface area is 116 Å². The molecule has 0 atom stereocenters. The molecule has 0 heterocycles. The second kappa shape index (κ2) is 6.64. The molecule has 0 aromatic heterocycles. The van der Waals surface area contributed by atoms with Crippen molar-refractivity contribution in [2.24, 2.45) is 4.99 Å². The van der Waals surface area contributed by atoms with Crippen molar-refractivity contribution in [2.75, 3.05) is 20.3 Å². The number of phenols is 1. The molecule has 0 saturated carbocycles. The van der Waals surface area contributed by atoms with E-state index in [0.29, 0.717) is 13.2 Å². The third-order valence-corrected chi connectivity index (χ3v) is 3.16. The number of ether oxygens (including phenoxy) is 1. The van der Waals surface area contributed by atoms with E-state index in [2.05, 4.69) is 50.2 Å². The van der Waals surface area contributed by atoms with E-state index in [1.807, 2.05) is 12.1 Å². The van der Waals surface area contributed by atoms with Crippen molar-refractivity contribution in [1.29, 1.82) is 0 Å². The Bertz CT molecular complexity index is 367. The fourth-order valence-electron chi connectivity index (χ4n) is 0.991. The number of benzene rings is 1. The summed E-state index contributed by atoms with van der Waals surface area (Å²) in [6.45, 7) is 1.20. The van der Waals surface area contributed by atoms with Crippen LogP contribution in [0.15, 0.2) is 17.1 Å². The Hall–Kier alpha value is 0.110. The number of aromatic hydroxyl groups is 1. The van der Waals surface area contributed by atoms with Crippen LogP contribution < -0.4 is 0 Å². The van der Waals surface area contributed by atoms with Gasteiger partial charge in [-0.05, 0) is 57.3 Å². The topological polar surface area (TPSA) is 41.8 Å². The van der Waals surface area contributed by atoms with Crippen LogP contribution in [0.2, 0.25) is 0 Å². The molecule has 0 radical (unpaired) electrons. The number of hydrogen-bond donors (Lipinski definition) is 1. The zero-order chi connectivity index (χ0) is 11.3. The van der Waals surface area contributed by atoms with Gasteiger partial charge in [0, 0.05) is 22.5 Å². The summed E-state index contributed by atoms with van der Waals surface area (Å²) >= 11 is 4.32. The monoisotopic (exact) mass is 431 g/mol. The Morgan fingerprint density at radius 3 is 2.87 bits per heavy atom. The number of nitrogens with zero attached hydrogens (tertiary/aromatic N) is 1. The lowest BCUT2D eigenvalue weighted by Gasteiger charge is -2.02. The van der Waals surface area contributed by atoms with Crippen LogP contribution in [0.5, 0.6) is 5.75 Å². The molecule has 0 aliphatic carbocycles. The van der Waals surface area contributed by atoms with E-state index in [9.17, 15) is 5.11 Å². The Kier molecular flexibility index (Phi) is 5.83. The summed E-state index contributed by atoms with van der Waals surface area (Å²) in [4.78, 5) is 4.16. The van der Waals surface area contributed by atoms with Crippen molar-refractivity contribution < 1.29 is 9.84 Å². The van der Waals surface area contributed by atoms with Gasteiger partial charge in [-0.1, -0.05) is 0 Å². The van der Waals surface area contributed by atoms with Gasteiger partial charge in [-0.25, -0.2) is 0 Å². The van der Waals surface area contributed by atoms with Crippen LogP contribution in [-0.2, 0) is 4.74 Å². The zero-order valence-electron chi connectivity index (χ0n) is 8.20. The third kappa shape index (κ3) is 4.23. The minimum atomic E-state index is 0.289. The lowest BCUT2D eigenvalue weighted by molar-refractivity contribution is 0.208. The number of hydrogen-bond acceptors (Lipinski definition) is 3. The highest BCUT2D eigenvalue weighted by Gasteiger charge is 2.04. The first-order valence-electron chi connectivity index (χ1n) is 4.32. The second-order valence-corrected chi connectivity index (χ2v) is 5.26. The van der Waals surface area contributed by atoms with Crippen LogP contribution in [-0.4, -0.2) is 31.6 Å². The predicted molar refractivity (Wildman–Crippen MR) is 77.9 cm³/mol. The lowest BCUT2D eigenvalue weighted by atomic mass is 10.2. The molecule has 1 aromatic carbocycles. The minimum Gasteiger partial charge on any atom is -0.506 e. The minimum absolute atomic E-state index is 0.289. The molecule has 3 nitrogen and oxygen atoms in total. The lowest BCUT2D eigenvalue weighted by Crippen LogP contribution is -1.94. The van der Waals surface area contributed by atoms with Gasteiger partial charge in [-0.2, -0.15) is 0 Å². The zero-order valence-corrected chi connectivity index (χ0v) is 12.5. The van der Waals surface area contributed by atoms with Crippen molar-refractivity contribution in [2.45, 2.75) is 0 Å². The number of rotatable bonds is 4. The fourth-order valence-corrected chi connectivity index (χ4v) is 2.88. The van der Waals surface area contributed by atoms with Crippen molar-refractivity contribution in [3.63, 3.8) is 0 Å². The van der Waals surface area contributed by atoms with E-state index in [1.165, 1.54) is 0 Å². The number of aliphatic imine (C=N–C) groups is 1. The normalized spacial score (nSPS) is 11.1. The maximum absolute atomic E-state index is 9.75. The van der Waals surface area contributed by atoms with Crippen LogP contribution in [0.4, 0.5) is 0 Å². The van der Waals surface area contributed by atoms with Crippen molar-refractivity contribution in [3.05, 3.63) is 24.8 Å². The summed E-state index contributed by atoms with van der Waals surface area (Å²) in [5.41, 5.74) is 0.752. The summed E-state index contributed by atoms with van der Waals surface area (Å²) in [5.74, 6) is 0.289. The molecule has 5 heteroatoms. The number of phenolic OH excluding ortho intramolecular Hbond substituents is 1. The molecule has 0 bridgehead atoms. The molecule has 0 amide bonds. The van der Waals surface area contributed by atoms with Crippen molar-refractivity contribution in [1.82, 2.24) is 0 Å². The van der Waals surface area contributed by atoms with Crippen LogP contribution in [0.1, 0.15) is 5.56 Å². The largest absolute Gasteiger partial charge is 0.506 e. The van der Waals surface area contributed by atoms with E-state index in [4.69, 9.17) is 4.74 Å². The van der Waals surface area contributed by atoms with Gasteiger partial charge in [0.25, 0.3) is 0 Å². The molecular weight excluding hydrogens is 420 g/mol. The molecule has 0 saturated heterocycles. The van der Waals surface area contributed by atoms with E-state index in [1.54, 1.807) is 13.3 Å². The van der Waals surface area contributed by atoms with Crippen LogP contribution in [0.3, 0.4) is 0 Å². The summed E-state index contributed by atoms with van der Waals surface area (Å²) < 4.78 is 6.80. The number of halogens is 2. The number of methoxy groups -OCH3 is 1. The highest BCUT2D eigenvalue weighted by atomic mass is 127. The van der Waals surface area contributed by atoms with Gasteiger partial charge in [0.05, 0.1) is 16.7 Å². The Morgan fingerprint density at radius 1 is 1.47 bits per heavy atom. The maximum atomic E-state index is 9.75. The SMILES string of the molecule is COCCN=Cc1cc(I)cc(I)c1O. The first kappa shape index (κ1) is 13.2. The van der Waals surface area contributed by atoms with Crippen molar-refractivity contribution >= 4 is 51.4 Å². The molecule has 15 heavy (non-hydrogen) atoms. The van der Waals surface area contributed by atoms with E-state index in [-0.39, 0.29) is 5.75 Å². The van der Waals surface area contributed by atoms with Gasteiger partial charge in [0.15, 0.2) is 0 Å². The summed E-state index contributed by atoms with van der Waals surface area (Å²) in [6.07, 6.45) is 1.68. The average molecular weight is 431 g/mol. The van der Waals surface area contributed by atoms with Gasteiger partial charge in [0.1, 0.15) is 5.75 Å². The Morgan fingerprint density at radius 2 is 2.20 bits per heavy atom. The Balaban J connectivity index is 2.80.